The lowest BCUT2D eigenvalue weighted by molar-refractivity contribution is 0.0986. The Morgan fingerprint density at radius 2 is 2.31 bits per heavy atom. The Hall–Kier alpha value is -1.15. The standard InChI is InChI=1S/C11H11NO/c13-10-6-9-11-7(4-5-12-9)2-1-3-8(10)11/h1-3,9,12H,4-6H2/t9-/m1/s1. The number of Topliss-reactive ketones (excluding diaryl/α,β-unsaturated/α-hetero) is 1. The Morgan fingerprint density at radius 1 is 1.38 bits per heavy atom. The fraction of sp³-hybridized carbons (Fsp3) is 0.364. The van der Waals surface area contributed by atoms with Crippen LogP contribution in [0.25, 0.3) is 0 Å². The quantitative estimate of drug-likeness (QED) is 0.643. The minimum atomic E-state index is 0.302. The zero-order chi connectivity index (χ0) is 8.84. The van der Waals surface area contributed by atoms with E-state index in [9.17, 15) is 4.79 Å². The number of nitrogens with one attached hydrogen (secondary N) is 1. The van der Waals surface area contributed by atoms with Crippen LogP contribution in [0.4, 0.5) is 0 Å². The summed E-state index contributed by atoms with van der Waals surface area (Å²) >= 11 is 0. The van der Waals surface area contributed by atoms with Crippen LogP contribution in [0.1, 0.15) is 33.9 Å². The summed E-state index contributed by atoms with van der Waals surface area (Å²) in [5.41, 5.74) is 3.60. The van der Waals surface area contributed by atoms with Crippen molar-refractivity contribution in [3.8, 4) is 0 Å². The van der Waals surface area contributed by atoms with E-state index in [0.717, 1.165) is 18.5 Å². The van der Waals surface area contributed by atoms with Crippen LogP contribution in [0.5, 0.6) is 0 Å². The van der Waals surface area contributed by atoms with E-state index in [0.29, 0.717) is 18.2 Å². The van der Waals surface area contributed by atoms with Gasteiger partial charge in [0.2, 0.25) is 0 Å². The van der Waals surface area contributed by atoms with Gasteiger partial charge in [-0.25, -0.2) is 0 Å². The summed E-state index contributed by atoms with van der Waals surface area (Å²) in [4.78, 5) is 11.6. The number of hydrogen-bond donors (Lipinski definition) is 1. The predicted molar refractivity (Wildman–Crippen MR) is 49.8 cm³/mol. The van der Waals surface area contributed by atoms with Crippen molar-refractivity contribution in [2.45, 2.75) is 18.9 Å². The van der Waals surface area contributed by atoms with Crippen molar-refractivity contribution in [3.05, 3.63) is 34.9 Å². The minimum absolute atomic E-state index is 0.302. The van der Waals surface area contributed by atoms with Gasteiger partial charge in [0.1, 0.15) is 0 Å². The fourth-order valence-corrected chi connectivity index (χ4v) is 2.44. The largest absolute Gasteiger partial charge is 0.309 e. The van der Waals surface area contributed by atoms with Gasteiger partial charge in [-0.3, -0.25) is 4.79 Å². The molecule has 1 atom stereocenters. The summed E-state index contributed by atoms with van der Waals surface area (Å²) in [7, 11) is 0. The van der Waals surface area contributed by atoms with Crippen LogP contribution in [0.2, 0.25) is 0 Å². The number of rotatable bonds is 0. The zero-order valence-electron chi connectivity index (χ0n) is 7.34. The maximum Gasteiger partial charge on any atom is 0.165 e. The monoisotopic (exact) mass is 173 g/mol. The fourth-order valence-electron chi connectivity index (χ4n) is 2.44. The minimum Gasteiger partial charge on any atom is -0.309 e. The lowest BCUT2D eigenvalue weighted by Gasteiger charge is -2.22. The van der Waals surface area contributed by atoms with Gasteiger partial charge in [0.15, 0.2) is 5.78 Å². The molecule has 1 heterocycles. The van der Waals surface area contributed by atoms with Gasteiger partial charge in [-0.1, -0.05) is 18.2 Å². The molecule has 0 aromatic heterocycles. The average molecular weight is 173 g/mol. The molecule has 2 aliphatic rings. The third-order valence-electron chi connectivity index (χ3n) is 3.02. The molecule has 0 amide bonds. The number of carbonyl (C=O) groups excluding carboxylic acids is 1. The summed E-state index contributed by atoms with van der Waals surface area (Å²) in [6.07, 6.45) is 1.72. The van der Waals surface area contributed by atoms with E-state index in [-0.39, 0.29) is 0 Å². The molecule has 13 heavy (non-hydrogen) atoms. The first-order valence-corrected chi connectivity index (χ1v) is 4.74. The molecule has 66 valence electrons. The first kappa shape index (κ1) is 7.27. The molecule has 0 saturated carbocycles. The Morgan fingerprint density at radius 3 is 3.23 bits per heavy atom. The molecule has 0 unspecified atom stereocenters. The highest BCUT2D eigenvalue weighted by Crippen LogP contribution is 2.35. The summed E-state index contributed by atoms with van der Waals surface area (Å²) in [5, 5.41) is 3.39. The number of benzene rings is 1. The Kier molecular flexibility index (Phi) is 1.35. The lowest BCUT2D eigenvalue weighted by atomic mass is 9.95. The molecule has 1 aliphatic carbocycles. The highest BCUT2D eigenvalue weighted by atomic mass is 16.1. The van der Waals surface area contributed by atoms with Crippen molar-refractivity contribution >= 4 is 5.78 Å². The molecular weight excluding hydrogens is 162 g/mol. The van der Waals surface area contributed by atoms with Crippen molar-refractivity contribution in [1.82, 2.24) is 5.32 Å². The first-order chi connectivity index (χ1) is 6.36. The Labute approximate surface area is 77.0 Å². The van der Waals surface area contributed by atoms with Gasteiger partial charge < -0.3 is 5.32 Å². The van der Waals surface area contributed by atoms with Crippen LogP contribution in [-0.4, -0.2) is 12.3 Å². The van der Waals surface area contributed by atoms with Crippen molar-refractivity contribution in [3.63, 3.8) is 0 Å². The molecular formula is C11H11NO. The summed E-state index contributed by atoms with van der Waals surface area (Å²) in [6.45, 7) is 1.01. The molecule has 0 fully saturated rings. The highest BCUT2D eigenvalue weighted by molar-refractivity contribution is 6.01. The molecule has 1 aliphatic heterocycles. The van der Waals surface area contributed by atoms with Crippen molar-refractivity contribution in [2.75, 3.05) is 6.54 Å². The van der Waals surface area contributed by atoms with Crippen LogP contribution in [0, 0.1) is 0 Å². The van der Waals surface area contributed by atoms with E-state index >= 15 is 0 Å². The van der Waals surface area contributed by atoms with Gasteiger partial charge in [-0.2, -0.15) is 0 Å². The topological polar surface area (TPSA) is 29.1 Å². The molecule has 3 rings (SSSR count). The van der Waals surface area contributed by atoms with Crippen molar-refractivity contribution < 1.29 is 4.79 Å². The predicted octanol–water partition coefficient (Wildman–Crippen LogP) is 1.46. The van der Waals surface area contributed by atoms with Gasteiger partial charge in [-0.15, -0.1) is 0 Å². The number of carbonyl (C=O) groups is 1. The van der Waals surface area contributed by atoms with Gasteiger partial charge in [0.05, 0.1) is 0 Å². The lowest BCUT2D eigenvalue weighted by Crippen LogP contribution is -2.27. The van der Waals surface area contributed by atoms with E-state index in [1.807, 2.05) is 12.1 Å². The van der Waals surface area contributed by atoms with Crippen molar-refractivity contribution in [2.24, 2.45) is 0 Å². The van der Waals surface area contributed by atoms with Gasteiger partial charge in [-0.05, 0) is 24.1 Å². The van der Waals surface area contributed by atoms with E-state index in [2.05, 4.69) is 11.4 Å². The van der Waals surface area contributed by atoms with E-state index < -0.39 is 0 Å². The van der Waals surface area contributed by atoms with E-state index in [4.69, 9.17) is 0 Å². The second-order valence-electron chi connectivity index (χ2n) is 3.76. The highest BCUT2D eigenvalue weighted by Gasteiger charge is 2.32. The molecule has 2 heteroatoms. The van der Waals surface area contributed by atoms with Crippen LogP contribution < -0.4 is 5.32 Å². The SMILES string of the molecule is O=C1C[C@H]2NCCc3cccc1c32. The van der Waals surface area contributed by atoms with Crippen molar-refractivity contribution in [1.29, 1.82) is 0 Å². The molecule has 2 nitrogen and oxygen atoms in total. The number of ketones is 1. The maximum absolute atomic E-state index is 11.6. The van der Waals surface area contributed by atoms with Crippen LogP contribution in [0.3, 0.4) is 0 Å². The van der Waals surface area contributed by atoms with Crippen LogP contribution in [-0.2, 0) is 6.42 Å². The second kappa shape index (κ2) is 2.42. The smallest absolute Gasteiger partial charge is 0.165 e. The molecule has 1 N–H and O–H groups in total. The van der Waals surface area contributed by atoms with E-state index in [1.165, 1.54) is 11.1 Å². The zero-order valence-corrected chi connectivity index (χ0v) is 7.34. The Balaban J connectivity index is 2.28. The molecule has 0 bridgehead atoms. The van der Waals surface area contributed by atoms with Gasteiger partial charge >= 0.3 is 0 Å². The van der Waals surface area contributed by atoms with Crippen LogP contribution >= 0.6 is 0 Å². The second-order valence-corrected chi connectivity index (χ2v) is 3.76. The molecule has 0 radical (unpaired) electrons. The van der Waals surface area contributed by atoms with E-state index in [1.54, 1.807) is 0 Å². The van der Waals surface area contributed by atoms with Crippen LogP contribution in [0.15, 0.2) is 18.2 Å². The summed E-state index contributed by atoms with van der Waals surface area (Å²) in [6, 6.07) is 6.41. The molecule has 0 saturated heterocycles. The summed E-state index contributed by atoms with van der Waals surface area (Å²) in [5.74, 6) is 0.302. The first-order valence-electron chi connectivity index (χ1n) is 4.74. The average Bonchev–Trinajstić information content (AvgIpc) is 2.47. The van der Waals surface area contributed by atoms with Gasteiger partial charge in [0, 0.05) is 18.0 Å². The number of hydrogen-bond acceptors (Lipinski definition) is 2. The molecule has 1 aromatic rings. The Bertz CT molecular complexity index is 384. The third-order valence-corrected chi connectivity index (χ3v) is 3.02. The molecule has 1 aromatic carbocycles. The summed E-state index contributed by atoms with van der Waals surface area (Å²) < 4.78 is 0. The van der Waals surface area contributed by atoms with Gasteiger partial charge in [0.25, 0.3) is 0 Å². The normalized spacial score (nSPS) is 24.6. The maximum atomic E-state index is 11.6. The third kappa shape index (κ3) is 0.893. The molecule has 0 spiro atoms.